The fraction of sp³-hybridized carbons (Fsp3) is 0.188. The maximum atomic E-state index is 12.2. The number of hydrogen-bond donors (Lipinski definition) is 4. The number of phenolic OH excluding ortho intramolecular Hbond substituents is 4. The summed E-state index contributed by atoms with van der Waals surface area (Å²) in [5.74, 6) is -1.67. The fourth-order valence-electron chi connectivity index (χ4n) is 2.57. The van der Waals surface area contributed by atoms with Crippen LogP contribution in [-0.4, -0.2) is 33.3 Å². The van der Waals surface area contributed by atoms with Crippen LogP contribution in [0.2, 0.25) is 0 Å². The fourth-order valence-corrected chi connectivity index (χ4v) is 2.57. The van der Waals surface area contributed by atoms with Crippen molar-refractivity contribution in [1.29, 1.82) is 0 Å². The van der Waals surface area contributed by atoms with Gasteiger partial charge in [0.1, 0.15) is 28.9 Å². The smallest absolute Gasteiger partial charge is 0.200 e. The zero-order valence-electron chi connectivity index (χ0n) is 12.1. The van der Waals surface area contributed by atoms with Crippen molar-refractivity contribution in [3.8, 4) is 34.5 Å². The number of carbonyl (C=O) groups excluding carboxylic acids is 1. The summed E-state index contributed by atoms with van der Waals surface area (Å²) in [6.07, 6.45) is -0.824. The van der Waals surface area contributed by atoms with E-state index in [1.54, 1.807) is 0 Å². The molecule has 1 unspecified atom stereocenters. The van der Waals surface area contributed by atoms with Crippen LogP contribution < -0.4 is 9.47 Å². The molecule has 0 bridgehead atoms. The van der Waals surface area contributed by atoms with E-state index in [0.717, 1.165) is 6.07 Å². The summed E-state index contributed by atoms with van der Waals surface area (Å²) >= 11 is 0. The second-order valence-corrected chi connectivity index (χ2v) is 5.16. The molecule has 7 heteroatoms. The first kappa shape index (κ1) is 14.8. The minimum atomic E-state index is -0.753. The van der Waals surface area contributed by atoms with E-state index in [0.29, 0.717) is 5.56 Å². The minimum Gasteiger partial charge on any atom is -0.508 e. The maximum Gasteiger partial charge on any atom is 0.200 e. The highest BCUT2D eigenvalue weighted by molar-refractivity contribution is 6.02. The second-order valence-electron chi connectivity index (χ2n) is 5.16. The molecule has 2 aromatic rings. The van der Waals surface area contributed by atoms with E-state index in [4.69, 9.17) is 9.47 Å². The van der Waals surface area contributed by atoms with Crippen LogP contribution in [0.4, 0.5) is 0 Å². The number of ether oxygens (including phenoxy) is 2. The summed E-state index contributed by atoms with van der Waals surface area (Å²) in [6, 6.07) is 5.01. The third-order valence-corrected chi connectivity index (χ3v) is 3.65. The number of methoxy groups -OCH3 is 1. The third kappa shape index (κ3) is 2.46. The van der Waals surface area contributed by atoms with Crippen molar-refractivity contribution in [2.45, 2.75) is 12.5 Å². The van der Waals surface area contributed by atoms with Crippen molar-refractivity contribution in [2.24, 2.45) is 0 Å². The highest BCUT2D eigenvalue weighted by Crippen LogP contribution is 2.44. The third-order valence-electron chi connectivity index (χ3n) is 3.65. The monoisotopic (exact) mass is 318 g/mol. The van der Waals surface area contributed by atoms with Gasteiger partial charge in [-0.15, -0.1) is 0 Å². The first-order valence-electron chi connectivity index (χ1n) is 6.76. The molecule has 1 heterocycles. The molecule has 2 aromatic carbocycles. The zero-order valence-corrected chi connectivity index (χ0v) is 12.1. The molecule has 0 spiro atoms. The molecule has 1 aliphatic heterocycles. The van der Waals surface area contributed by atoms with Gasteiger partial charge in [-0.05, 0) is 12.1 Å². The van der Waals surface area contributed by atoms with Crippen LogP contribution in [0, 0.1) is 0 Å². The van der Waals surface area contributed by atoms with Gasteiger partial charge in [-0.3, -0.25) is 4.79 Å². The number of aromatic hydroxyl groups is 4. The number of carbonyl (C=O) groups is 1. The van der Waals surface area contributed by atoms with Gasteiger partial charge in [0.05, 0.1) is 13.5 Å². The van der Waals surface area contributed by atoms with Crippen LogP contribution in [-0.2, 0) is 0 Å². The van der Waals surface area contributed by atoms with E-state index >= 15 is 0 Å². The Morgan fingerprint density at radius 2 is 1.83 bits per heavy atom. The quantitative estimate of drug-likeness (QED) is 0.627. The molecule has 23 heavy (non-hydrogen) atoms. The lowest BCUT2D eigenvalue weighted by molar-refractivity contribution is 0.0844. The van der Waals surface area contributed by atoms with Crippen molar-refractivity contribution in [3.63, 3.8) is 0 Å². The van der Waals surface area contributed by atoms with Gasteiger partial charge in [-0.2, -0.15) is 0 Å². The van der Waals surface area contributed by atoms with Gasteiger partial charge in [0.2, 0.25) is 5.75 Å². The Bertz CT molecular complexity index is 798. The van der Waals surface area contributed by atoms with Gasteiger partial charge in [-0.25, -0.2) is 0 Å². The molecule has 1 atom stereocenters. The number of phenols is 4. The summed E-state index contributed by atoms with van der Waals surface area (Å²) in [7, 11) is 1.33. The number of ketones is 1. The van der Waals surface area contributed by atoms with Gasteiger partial charge in [0.15, 0.2) is 17.3 Å². The van der Waals surface area contributed by atoms with Crippen LogP contribution in [0.15, 0.2) is 24.3 Å². The topological polar surface area (TPSA) is 116 Å². The van der Waals surface area contributed by atoms with E-state index in [-0.39, 0.29) is 40.8 Å². The number of rotatable bonds is 2. The molecule has 0 aromatic heterocycles. The lowest BCUT2D eigenvalue weighted by Gasteiger charge is -2.26. The minimum absolute atomic E-state index is 0.00835. The number of fused-ring (bicyclic) bond motifs is 1. The van der Waals surface area contributed by atoms with E-state index < -0.39 is 17.6 Å². The summed E-state index contributed by atoms with van der Waals surface area (Å²) in [5, 5.41) is 38.7. The molecular weight excluding hydrogens is 304 g/mol. The Morgan fingerprint density at radius 3 is 2.52 bits per heavy atom. The van der Waals surface area contributed by atoms with E-state index in [2.05, 4.69) is 0 Å². The Morgan fingerprint density at radius 1 is 1.09 bits per heavy atom. The molecule has 0 radical (unpaired) electrons. The van der Waals surface area contributed by atoms with Crippen LogP contribution >= 0.6 is 0 Å². The first-order valence-corrected chi connectivity index (χ1v) is 6.76. The summed E-state index contributed by atoms with van der Waals surface area (Å²) in [5.41, 5.74) is 0.424. The highest BCUT2D eigenvalue weighted by Gasteiger charge is 2.31. The van der Waals surface area contributed by atoms with Crippen LogP contribution in [0.1, 0.15) is 28.4 Å². The number of Topliss-reactive ketones (excluding diaryl/α,β-unsaturated/α-hetero) is 1. The van der Waals surface area contributed by atoms with E-state index in [9.17, 15) is 25.2 Å². The van der Waals surface area contributed by atoms with Gasteiger partial charge >= 0.3 is 0 Å². The Kier molecular flexibility index (Phi) is 3.40. The molecule has 3 rings (SSSR count). The van der Waals surface area contributed by atoms with Crippen molar-refractivity contribution in [3.05, 3.63) is 35.4 Å². The van der Waals surface area contributed by atoms with Gasteiger partial charge < -0.3 is 29.9 Å². The van der Waals surface area contributed by atoms with Crippen molar-refractivity contribution < 1.29 is 34.7 Å². The Hall–Kier alpha value is -3.09. The first-order chi connectivity index (χ1) is 10.9. The van der Waals surface area contributed by atoms with Crippen molar-refractivity contribution >= 4 is 5.78 Å². The number of hydrogen-bond acceptors (Lipinski definition) is 7. The zero-order chi connectivity index (χ0) is 16.7. The normalized spacial score (nSPS) is 16.6. The van der Waals surface area contributed by atoms with Gasteiger partial charge in [0, 0.05) is 17.7 Å². The lowest BCUT2D eigenvalue weighted by Crippen LogP contribution is -2.20. The van der Waals surface area contributed by atoms with Crippen molar-refractivity contribution in [1.82, 2.24) is 0 Å². The van der Waals surface area contributed by atoms with E-state index in [1.807, 2.05) is 0 Å². The molecule has 120 valence electrons. The molecule has 1 aliphatic rings. The SMILES string of the molecule is COc1cc(C2CC(=O)c3c(O)cc(O)cc3O2)cc(O)c1O. The summed E-state index contributed by atoms with van der Waals surface area (Å²) < 4.78 is 10.6. The van der Waals surface area contributed by atoms with Gasteiger partial charge in [0.25, 0.3) is 0 Å². The Balaban J connectivity index is 2.04. The molecule has 0 aliphatic carbocycles. The van der Waals surface area contributed by atoms with Crippen LogP contribution in [0.5, 0.6) is 34.5 Å². The predicted octanol–water partition coefficient (Wildman–Crippen LogP) is 2.22. The Labute approximate surface area is 131 Å². The van der Waals surface area contributed by atoms with Crippen LogP contribution in [0.25, 0.3) is 0 Å². The average Bonchev–Trinajstić information content (AvgIpc) is 2.48. The number of benzene rings is 2. The van der Waals surface area contributed by atoms with Crippen molar-refractivity contribution in [2.75, 3.05) is 7.11 Å². The largest absolute Gasteiger partial charge is 0.508 e. The molecule has 7 nitrogen and oxygen atoms in total. The molecule has 0 fully saturated rings. The highest BCUT2D eigenvalue weighted by atomic mass is 16.5. The van der Waals surface area contributed by atoms with Crippen LogP contribution in [0.3, 0.4) is 0 Å². The summed E-state index contributed by atoms with van der Waals surface area (Å²) in [4.78, 5) is 12.2. The maximum absolute atomic E-state index is 12.2. The standard InChI is InChI=1S/C16H14O7/c1-22-14-3-7(2-11(20)16(14)21)12-6-10(19)15-9(18)4-8(17)5-13(15)23-12/h2-5,12,17-18,20-21H,6H2,1H3. The second kappa shape index (κ2) is 5.28. The average molecular weight is 318 g/mol. The van der Waals surface area contributed by atoms with E-state index in [1.165, 1.54) is 25.3 Å². The molecular formula is C16H14O7. The molecule has 4 N–H and O–H groups in total. The summed E-state index contributed by atoms with van der Waals surface area (Å²) in [6.45, 7) is 0. The predicted molar refractivity (Wildman–Crippen MR) is 78.4 cm³/mol. The van der Waals surface area contributed by atoms with Gasteiger partial charge in [-0.1, -0.05) is 0 Å². The molecule has 0 saturated carbocycles. The molecule has 0 amide bonds. The molecule has 0 saturated heterocycles. The lowest BCUT2D eigenvalue weighted by atomic mass is 9.95.